The third kappa shape index (κ3) is 2.96. The molecular formula is C19H16N2O3. The van der Waals surface area contributed by atoms with Crippen molar-refractivity contribution < 1.29 is 9.90 Å². The summed E-state index contributed by atoms with van der Waals surface area (Å²) in [5.41, 5.74) is 2.32. The fraction of sp³-hybridized carbons (Fsp3) is 0.105. The molecule has 0 saturated carbocycles. The minimum atomic E-state index is -1.02. The van der Waals surface area contributed by atoms with Gasteiger partial charge in [0, 0.05) is 6.54 Å². The van der Waals surface area contributed by atoms with E-state index >= 15 is 0 Å². The Morgan fingerprint density at radius 3 is 2.58 bits per heavy atom. The van der Waals surface area contributed by atoms with Crippen LogP contribution in [0.3, 0.4) is 0 Å². The average molecular weight is 320 g/mol. The number of hydrogen-bond donors (Lipinski definition) is 1. The Morgan fingerprint density at radius 1 is 1.17 bits per heavy atom. The number of benzene rings is 2. The minimum Gasteiger partial charge on any atom is -0.478 e. The highest BCUT2D eigenvalue weighted by Gasteiger charge is 2.11. The molecule has 0 aliphatic rings. The van der Waals surface area contributed by atoms with E-state index in [4.69, 9.17) is 5.11 Å². The molecule has 0 bridgehead atoms. The summed E-state index contributed by atoms with van der Waals surface area (Å²) in [6.07, 6.45) is 3.48. The fourth-order valence-electron chi connectivity index (χ4n) is 2.56. The summed E-state index contributed by atoms with van der Waals surface area (Å²) in [5.74, 6) is -1.02. The van der Waals surface area contributed by atoms with Crippen LogP contribution < -0.4 is 5.56 Å². The zero-order valence-electron chi connectivity index (χ0n) is 13.1. The van der Waals surface area contributed by atoms with Crippen molar-refractivity contribution in [2.75, 3.05) is 0 Å². The highest BCUT2D eigenvalue weighted by atomic mass is 16.4. The Bertz CT molecular complexity index is 989. The molecule has 0 atom stereocenters. The number of aromatic nitrogens is 2. The van der Waals surface area contributed by atoms with E-state index in [0.29, 0.717) is 17.6 Å². The maximum Gasteiger partial charge on any atom is 0.335 e. The molecule has 0 radical (unpaired) electrons. The Labute approximate surface area is 138 Å². The van der Waals surface area contributed by atoms with Gasteiger partial charge < -0.3 is 9.67 Å². The number of aryl methyl sites for hydroxylation is 1. The van der Waals surface area contributed by atoms with Crippen LogP contribution in [0.4, 0.5) is 0 Å². The standard InChI is InChI=1S/C19H16N2O3/c1-2-21-17-11-9-14(19(23)24)12-16(17)20-15(18(21)22)10-8-13-6-4-3-5-7-13/h3-12H,2H2,1H3,(H,23,24)/b10-8+. The first-order valence-corrected chi connectivity index (χ1v) is 7.61. The second kappa shape index (κ2) is 6.50. The van der Waals surface area contributed by atoms with Gasteiger partial charge in [-0.3, -0.25) is 4.79 Å². The number of rotatable bonds is 4. The molecule has 1 N–H and O–H groups in total. The SMILES string of the molecule is CCn1c(=O)c(/C=C/c2ccccc2)nc2cc(C(=O)O)ccc21. The van der Waals surface area contributed by atoms with Gasteiger partial charge in [-0.05, 0) is 36.8 Å². The maximum absolute atomic E-state index is 12.6. The number of aromatic carboxylic acids is 1. The first-order chi connectivity index (χ1) is 11.6. The second-order valence-corrected chi connectivity index (χ2v) is 5.30. The van der Waals surface area contributed by atoms with Crippen molar-refractivity contribution in [1.82, 2.24) is 9.55 Å². The maximum atomic E-state index is 12.6. The zero-order valence-corrected chi connectivity index (χ0v) is 13.1. The van der Waals surface area contributed by atoms with E-state index in [0.717, 1.165) is 5.56 Å². The van der Waals surface area contributed by atoms with Gasteiger partial charge >= 0.3 is 5.97 Å². The molecule has 1 heterocycles. The molecule has 3 rings (SSSR count). The van der Waals surface area contributed by atoms with E-state index in [2.05, 4.69) is 4.98 Å². The highest BCUT2D eigenvalue weighted by Crippen LogP contribution is 2.14. The van der Waals surface area contributed by atoms with Crippen molar-refractivity contribution >= 4 is 29.2 Å². The Kier molecular flexibility index (Phi) is 4.24. The van der Waals surface area contributed by atoms with Crippen molar-refractivity contribution in [2.24, 2.45) is 0 Å². The third-order valence-electron chi connectivity index (χ3n) is 3.77. The molecule has 0 aliphatic carbocycles. The van der Waals surface area contributed by atoms with E-state index in [1.165, 1.54) is 12.1 Å². The van der Waals surface area contributed by atoms with Crippen LogP contribution in [0, 0.1) is 0 Å². The van der Waals surface area contributed by atoms with Gasteiger partial charge in [0.15, 0.2) is 0 Å². The number of carboxylic acid groups (broad SMARTS) is 1. The molecular weight excluding hydrogens is 304 g/mol. The summed E-state index contributed by atoms with van der Waals surface area (Å²) in [6.45, 7) is 2.35. The molecule has 3 aromatic rings. The van der Waals surface area contributed by atoms with Crippen molar-refractivity contribution in [1.29, 1.82) is 0 Å². The summed E-state index contributed by atoms with van der Waals surface area (Å²) in [7, 11) is 0. The van der Waals surface area contributed by atoms with Gasteiger partial charge in [0.2, 0.25) is 0 Å². The number of hydrogen-bond acceptors (Lipinski definition) is 3. The number of fused-ring (bicyclic) bond motifs is 1. The molecule has 0 aliphatic heterocycles. The predicted octanol–water partition coefficient (Wildman–Crippen LogP) is 3.29. The molecule has 0 spiro atoms. The van der Waals surface area contributed by atoms with Crippen LogP contribution in [0.2, 0.25) is 0 Å². The molecule has 5 nitrogen and oxygen atoms in total. The van der Waals surface area contributed by atoms with Crippen molar-refractivity contribution in [2.45, 2.75) is 13.5 Å². The van der Waals surface area contributed by atoms with Gasteiger partial charge in [-0.15, -0.1) is 0 Å². The van der Waals surface area contributed by atoms with E-state index in [1.54, 1.807) is 16.7 Å². The molecule has 2 aromatic carbocycles. The molecule has 0 unspecified atom stereocenters. The summed E-state index contributed by atoms with van der Waals surface area (Å²) >= 11 is 0. The van der Waals surface area contributed by atoms with E-state index < -0.39 is 5.97 Å². The molecule has 1 aromatic heterocycles. The monoisotopic (exact) mass is 320 g/mol. The number of carbonyl (C=O) groups is 1. The lowest BCUT2D eigenvalue weighted by Gasteiger charge is -2.09. The van der Waals surface area contributed by atoms with Crippen LogP contribution in [0.25, 0.3) is 23.2 Å². The van der Waals surface area contributed by atoms with Crippen molar-refractivity contribution in [3.05, 3.63) is 75.7 Å². The van der Waals surface area contributed by atoms with Crippen LogP contribution in [-0.2, 0) is 6.54 Å². The molecule has 0 amide bonds. The number of nitrogens with zero attached hydrogens (tertiary/aromatic N) is 2. The largest absolute Gasteiger partial charge is 0.478 e. The van der Waals surface area contributed by atoms with Gasteiger partial charge in [0.25, 0.3) is 5.56 Å². The second-order valence-electron chi connectivity index (χ2n) is 5.30. The average Bonchev–Trinajstić information content (AvgIpc) is 2.60. The van der Waals surface area contributed by atoms with Crippen LogP contribution in [0.15, 0.2) is 53.3 Å². The van der Waals surface area contributed by atoms with E-state index in [1.807, 2.05) is 43.3 Å². The van der Waals surface area contributed by atoms with Gasteiger partial charge in [-0.2, -0.15) is 0 Å². The van der Waals surface area contributed by atoms with Crippen LogP contribution in [0.5, 0.6) is 0 Å². The molecule has 120 valence electrons. The Hall–Kier alpha value is -3.21. The zero-order chi connectivity index (χ0) is 17.1. The first-order valence-electron chi connectivity index (χ1n) is 7.61. The van der Waals surface area contributed by atoms with E-state index in [9.17, 15) is 9.59 Å². The van der Waals surface area contributed by atoms with Gasteiger partial charge in [-0.1, -0.05) is 36.4 Å². The van der Waals surface area contributed by atoms with Gasteiger partial charge in [-0.25, -0.2) is 9.78 Å². The molecule has 24 heavy (non-hydrogen) atoms. The van der Waals surface area contributed by atoms with Crippen LogP contribution >= 0.6 is 0 Å². The first kappa shape index (κ1) is 15.7. The lowest BCUT2D eigenvalue weighted by Crippen LogP contribution is -2.23. The minimum absolute atomic E-state index is 0.147. The van der Waals surface area contributed by atoms with Gasteiger partial charge in [0.1, 0.15) is 5.69 Å². The van der Waals surface area contributed by atoms with Crippen LogP contribution in [0.1, 0.15) is 28.5 Å². The molecule has 0 saturated heterocycles. The smallest absolute Gasteiger partial charge is 0.335 e. The Balaban J connectivity index is 2.17. The highest BCUT2D eigenvalue weighted by molar-refractivity contribution is 5.92. The Morgan fingerprint density at radius 2 is 1.92 bits per heavy atom. The lowest BCUT2D eigenvalue weighted by atomic mass is 10.1. The van der Waals surface area contributed by atoms with E-state index in [-0.39, 0.29) is 16.8 Å². The van der Waals surface area contributed by atoms with Crippen molar-refractivity contribution in [3.8, 4) is 0 Å². The van der Waals surface area contributed by atoms with Gasteiger partial charge in [0.05, 0.1) is 16.6 Å². The number of carboxylic acids is 1. The fourth-order valence-corrected chi connectivity index (χ4v) is 2.56. The third-order valence-corrected chi connectivity index (χ3v) is 3.77. The topological polar surface area (TPSA) is 72.2 Å². The summed E-state index contributed by atoms with van der Waals surface area (Å²) in [4.78, 5) is 28.1. The van der Waals surface area contributed by atoms with Crippen LogP contribution in [-0.4, -0.2) is 20.6 Å². The predicted molar refractivity (Wildman–Crippen MR) is 94.0 cm³/mol. The molecule has 0 fully saturated rings. The normalized spacial score (nSPS) is 11.2. The summed E-state index contributed by atoms with van der Waals surface area (Å²) in [5, 5.41) is 9.14. The summed E-state index contributed by atoms with van der Waals surface area (Å²) in [6, 6.07) is 14.2. The summed E-state index contributed by atoms with van der Waals surface area (Å²) < 4.78 is 1.60. The van der Waals surface area contributed by atoms with Crippen molar-refractivity contribution in [3.63, 3.8) is 0 Å². The lowest BCUT2D eigenvalue weighted by molar-refractivity contribution is 0.0697. The molecule has 5 heteroatoms. The quantitative estimate of drug-likeness (QED) is 0.800.